The van der Waals surface area contributed by atoms with Crippen molar-refractivity contribution in [3.05, 3.63) is 94.9 Å². The van der Waals surface area contributed by atoms with Crippen molar-refractivity contribution in [1.29, 1.82) is 0 Å². The summed E-state index contributed by atoms with van der Waals surface area (Å²) in [6.45, 7) is 0.203. The van der Waals surface area contributed by atoms with Crippen LogP contribution in [0, 0.1) is 0 Å². The Morgan fingerprint density at radius 2 is 1.86 bits per heavy atom. The Labute approximate surface area is 172 Å². The Balaban J connectivity index is 1.63. The van der Waals surface area contributed by atoms with Crippen molar-refractivity contribution in [2.24, 2.45) is 0 Å². The standard InChI is InChI=1S/C23H18ClNO4/c24-20-9-3-1-6-16(20)15-25-21-10-4-2-8-19(21)23(28,22(25)27)14-17(26)11-12-18-7-5-13-29-18/h1-13,28H,14-15H2. The first-order valence-corrected chi connectivity index (χ1v) is 9.48. The molecule has 4 rings (SSSR count). The van der Waals surface area contributed by atoms with Gasteiger partial charge in [0.25, 0.3) is 5.91 Å². The molecule has 6 heteroatoms. The number of furan rings is 1. The van der Waals surface area contributed by atoms with Crippen molar-refractivity contribution in [2.45, 2.75) is 18.6 Å². The van der Waals surface area contributed by atoms with Gasteiger partial charge in [-0.25, -0.2) is 0 Å². The zero-order valence-corrected chi connectivity index (χ0v) is 16.2. The van der Waals surface area contributed by atoms with E-state index in [0.29, 0.717) is 22.0 Å². The SMILES string of the molecule is O=C(C=Cc1ccco1)CC1(O)C(=O)N(Cc2ccccc2Cl)c2ccccc21. The molecule has 0 saturated heterocycles. The van der Waals surface area contributed by atoms with Crippen LogP contribution in [0.1, 0.15) is 23.3 Å². The van der Waals surface area contributed by atoms with Crippen LogP contribution in [0.2, 0.25) is 5.02 Å². The van der Waals surface area contributed by atoms with Crippen LogP contribution in [0.25, 0.3) is 6.08 Å². The molecule has 1 unspecified atom stereocenters. The van der Waals surface area contributed by atoms with E-state index in [1.807, 2.05) is 18.2 Å². The molecular weight excluding hydrogens is 390 g/mol. The summed E-state index contributed by atoms with van der Waals surface area (Å²) in [5.74, 6) is -0.408. The number of allylic oxidation sites excluding steroid dienone is 1. The van der Waals surface area contributed by atoms with Crippen LogP contribution in [-0.4, -0.2) is 16.8 Å². The molecule has 0 saturated carbocycles. The highest BCUT2D eigenvalue weighted by atomic mass is 35.5. The molecule has 1 aliphatic heterocycles. The number of amides is 1. The number of carbonyl (C=O) groups is 2. The third kappa shape index (κ3) is 3.62. The Bertz CT molecular complexity index is 1090. The van der Waals surface area contributed by atoms with Crippen LogP contribution in [-0.2, 0) is 21.7 Å². The molecule has 3 aromatic rings. The summed E-state index contributed by atoms with van der Waals surface area (Å²) in [4.78, 5) is 27.2. The zero-order chi connectivity index (χ0) is 20.4. The first-order chi connectivity index (χ1) is 14.0. The van der Waals surface area contributed by atoms with Gasteiger partial charge in [0.05, 0.1) is 24.9 Å². The monoisotopic (exact) mass is 407 g/mol. The molecule has 1 N–H and O–H groups in total. The van der Waals surface area contributed by atoms with E-state index >= 15 is 0 Å². The molecule has 29 heavy (non-hydrogen) atoms. The van der Waals surface area contributed by atoms with Gasteiger partial charge in [0.2, 0.25) is 0 Å². The number of para-hydroxylation sites is 1. The topological polar surface area (TPSA) is 70.7 Å². The van der Waals surface area contributed by atoms with Gasteiger partial charge in [-0.15, -0.1) is 0 Å². The highest BCUT2D eigenvalue weighted by molar-refractivity contribution is 6.31. The maximum atomic E-state index is 13.2. The summed E-state index contributed by atoms with van der Waals surface area (Å²) in [6, 6.07) is 17.6. The molecule has 1 amide bonds. The fourth-order valence-electron chi connectivity index (χ4n) is 3.50. The summed E-state index contributed by atoms with van der Waals surface area (Å²) >= 11 is 6.25. The number of benzene rings is 2. The Morgan fingerprint density at radius 1 is 1.10 bits per heavy atom. The molecule has 1 aliphatic rings. The molecular formula is C23H18ClNO4. The average Bonchev–Trinajstić information content (AvgIpc) is 3.30. The normalized spacial score (nSPS) is 18.4. The number of carbonyl (C=O) groups excluding carboxylic acids is 2. The third-order valence-electron chi connectivity index (χ3n) is 4.93. The van der Waals surface area contributed by atoms with Crippen LogP contribution in [0.3, 0.4) is 0 Å². The van der Waals surface area contributed by atoms with Crippen molar-refractivity contribution in [3.63, 3.8) is 0 Å². The number of hydrogen-bond acceptors (Lipinski definition) is 4. The van der Waals surface area contributed by atoms with Crippen molar-refractivity contribution in [1.82, 2.24) is 0 Å². The van der Waals surface area contributed by atoms with Gasteiger partial charge in [-0.1, -0.05) is 48.0 Å². The molecule has 1 aromatic heterocycles. The summed E-state index contributed by atoms with van der Waals surface area (Å²) in [5, 5.41) is 11.8. The predicted octanol–water partition coefficient (Wildman–Crippen LogP) is 4.34. The van der Waals surface area contributed by atoms with E-state index in [2.05, 4.69) is 0 Å². The summed E-state index contributed by atoms with van der Waals surface area (Å²) in [6.07, 6.45) is 3.96. The van der Waals surface area contributed by atoms with Gasteiger partial charge in [0.1, 0.15) is 5.76 Å². The van der Waals surface area contributed by atoms with Crippen LogP contribution >= 0.6 is 11.6 Å². The summed E-state index contributed by atoms with van der Waals surface area (Å²) in [7, 11) is 0. The number of rotatable bonds is 6. The predicted molar refractivity (Wildman–Crippen MR) is 110 cm³/mol. The zero-order valence-electron chi connectivity index (χ0n) is 15.4. The minimum Gasteiger partial charge on any atom is -0.465 e. The van der Waals surface area contributed by atoms with Gasteiger partial charge in [-0.05, 0) is 42.0 Å². The van der Waals surface area contributed by atoms with Gasteiger partial charge in [0.15, 0.2) is 11.4 Å². The van der Waals surface area contributed by atoms with Crippen LogP contribution < -0.4 is 4.90 Å². The second-order valence-electron chi connectivity index (χ2n) is 6.85. The summed E-state index contributed by atoms with van der Waals surface area (Å²) in [5.41, 5.74) is -0.187. The highest BCUT2D eigenvalue weighted by Crippen LogP contribution is 2.43. The molecule has 2 aromatic carbocycles. The van der Waals surface area contributed by atoms with E-state index in [4.69, 9.17) is 16.0 Å². The molecule has 0 spiro atoms. The number of fused-ring (bicyclic) bond motifs is 1. The van der Waals surface area contributed by atoms with Crippen LogP contribution in [0.15, 0.2) is 77.4 Å². The molecule has 0 radical (unpaired) electrons. The number of aliphatic hydroxyl groups is 1. The van der Waals surface area contributed by atoms with E-state index in [-0.39, 0.29) is 18.7 Å². The minimum atomic E-state index is -1.93. The number of anilines is 1. The van der Waals surface area contributed by atoms with Crippen molar-refractivity contribution < 1.29 is 19.1 Å². The third-order valence-corrected chi connectivity index (χ3v) is 5.30. The van der Waals surface area contributed by atoms with E-state index in [9.17, 15) is 14.7 Å². The molecule has 2 heterocycles. The quantitative estimate of drug-likeness (QED) is 0.617. The smallest absolute Gasteiger partial charge is 0.264 e. The molecule has 146 valence electrons. The Kier molecular flexibility index (Phi) is 5.09. The average molecular weight is 408 g/mol. The Hall–Kier alpha value is -3.15. The molecule has 0 bridgehead atoms. The van der Waals surface area contributed by atoms with Crippen molar-refractivity contribution in [2.75, 3.05) is 4.90 Å². The second kappa shape index (κ2) is 7.70. The van der Waals surface area contributed by atoms with Gasteiger partial charge in [0, 0.05) is 10.6 Å². The number of hydrogen-bond donors (Lipinski definition) is 1. The first-order valence-electron chi connectivity index (χ1n) is 9.11. The largest absolute Gasteiger partial charge is 0.465 e. The van der Waals surface area contributed by atoms with Crippen LogP contribution in [0.5, 0.6) is 0 Å². The van der Waals surface area contributed by atoms with Crippen LogP contribution in [0.4, 0.5) is 5.69 Å². The second-order valence-corrected chi connectivity index (χ2v) is 7.26. The van der Waals surface area contributed by atoms with E-state index in [1.54, 1.807) is 42.5 Å². The number of nitrogens with zero attached hydrogens (tertiary/aromatic N) is 1. The van der Waals surface area contributed by atoms with Gasteiger partial charge in [-0.2, -0.15) is 0 Å². The van der Waals surface area contributed by atoms with Gasteiger partial charge in [-0.3, -0.25) is 9.59 Å². The molecule has 1 atom stereocenters. The minimum absolute atomic E-state index is 0.203. The maximum Gasteiger partial charge on any atom is 0.264 e. The van der Waals surface area contributed by atoms with E-state index in [0.717, 1.165) is 5.56 Å². The van der Waals surface area contributed by atoms with Crippen molar-refractivity contribution >= 4 is 35.1 Å². The first kappa shape index (κ1) is 19.2. The van der Waals surface area contributed by atoms with E-state index < -0.39 is 11.5 Å². The fourth-order valence-corrected chi connectivity index (χ4v) is 3.70. The lowest BCUT2D eigenvalue weighted by atomic mass is 9.90. The lowest BCUT2D eigenvalue weighted by Gasteiger charge is -2.22. The molecule has 0 fully saturated rings. The van der Waals surface area contributed by atoms with E-state index in [1.165, 1.54) is 23.3 Å². The fraction of sp³-hybridized carbons (Fsp3) is 0.130. The van der Waals surface area contributed by atoms with Gasteiger partial charge < -0.3 is 14.4 Å². The summed E-state index contributed by atoms with van der Waals surface area (Å²) < 4.78 is 5.16. The Morgan fingerprint density at radius 3 is 2.62 bits per heavy atom. The molecule has 5 nitrogen and oxygen atoms in total. The van der Waals surface area contributed by atoms with Gasteiger partial charge >= 0.3 is 0 Å². The molecule has 0 aliphatic carbocycles. The maximum absolute atomic E-state index is 13.2. The van der Waals surface area contributed by atoms with Crippen molar-refractivity contribution in [3.8, 4) is 0 Å². The highest BCUT2D eigenvalue weighted by Gasteiger charge is 2.50. The number of ketones is 1. The lowest BCUT2D eigenvalue weighted by molar-refractivity contribution is -0.140. The number of halogens is 1. The lowest BCUT2D eigenvalue weighted by Crippen LogP contribution is -2.41.